The molecule has 1 saturated carbocycles. The monoisotopic (exact) mass is 291 g/mol. The summed E-state index contributed by atoms with van der Waals surface area (Å²) in [6.45, 7) is 2.42. The van der Waals surface area contributed by atoms with E-state index in [1.165, 1.54) is 0 Å². The van der Waals surface area contributed by atoms with Crippen LogP contribution in [0.1, 0.15) is 39.0 Å². The number of rotatable bonds is 6. The second kappa shape index (κ2) is 8.03. The number of benzene rings is 1. The Morgan fingerprint density at radius 3 is 2.76 bits per heavy atom. The van der Waals surface area contributed by atoms with Crippen molar-refractivity contribution in [3.05, 3.63) is 30.3 Å². The van der Waals surface area contributed by atoms with Gasteiger partial charge < -0.3 is 15.2 Å². The maximum Gasteiger partial charge on any atom is 0.223 e. The lowest BCUT2D eigenvalue weighted by molar-refractivity contribution is -0.126. The van der Waals surface area contributed by atoms with Gasteiger partial charge in [-0.2, -0.15) is 0 Å². The maximum absolute atomic E-state index is 12.1. The summed E-state index contributed by atoms with van der Waals surface area (Å²) in [6, 6.07) is 9.53. The predicted molar refractivity (Wildman–Crippen MR) is 82.1 cm³/mol. The van der Waals surface area contributed by atoms with E-state index in [0.29, 0.717) is 13.0 Å². The number of aliphatic hydroxyl groups is 1. The molecule has 3 atom stereocenters. The van der Waals surface area contributed by atoms with E-state index < -0.39 is 6.10 Å². The summed E-state index contributed by atoms with van der Waals surface area (Å²) >= 11 is 0. The van der Waals surface area contributed by atoms with E-state index in [0.717, 1.165) is 31.4 Å². The van der Waals surface area contributed by atoms with Crippen LogP contribution < -0.4 is 10.1 Å². The van der Waals surface area contributed by atoms with Crippen molar-refractivity contribution < 1.29 is 14.6 Å². The van der Waals surface area contributed by atoms with Gasteiger partial charge in [0.25, 0.3) is 0 Å². The minimum absolute atomic E-state index is 0.0117. The van der Waals surface area contributed by atoms with E-state index in [1.807, 2.05) is 37.3 Å². The standard InChI is InChI=1S/C17H25NO3/c1-13(11-12-21-14-7-3-2-4-8-14)17(20)18-15-9-5-6-10-16(15)19/h2-4,7-8,13,15-16,19H,5-6,9-12H2,1H3,(H,18,20). The van der Waals surface area contributed by atoms with Crippen LogP contribution >= 0.6 is 0 Å². The molecule has 0 aromatic heterocycles. The highest BCUT2D eigenvalue weighted by atomic mass is 16.5. The lowest BCUT2D eigenvalue weighted by atomic mass is 9.92. The smallest absolute Gasteiger partial charge is 0.223 e. The Morgan fingerprint density at radius 1 is 1.33 bits per heavy atom. The van der Waals surface area contributed by atoms with Crippen LogP contribution in [0.5, 0.6) is 5.75 Å². The number of amides is 1. The third-order valence-electron chi connectivity index (χ3n) is 4.07. The van der Waals surface area contributed by atoms with Crippen molar-refractivity contribution in [3.63, 3.8) is 0 Å². The molecule has 1 aromatic carbocycles. The molecule has 116 valence electrons. The summed E-state index contributed by atoms with van der Waals surface area (Å²) in [5, 5.41) is 12.9. The molecule has 0 aliphatic heterocycles. The molecular formula is C17H25NO3. The van der Waals surface area contributed by atoms with Crippen molar-refractivity contribution >= 4 is 5.91 Å². The SMILES string of the molecule is CC(CCOc1ccccc1)C(=O)NC1CCCCC1O. The second-order valence-corrected chi connectivity index (χ2v) is 5.82. The number of hydrogen-bond acceptors (Lipinski definition) is 3. The van der Waals surface area contributed by atoms with Gasteiger partial charge in [-0.25, -0.2) is 0 Å². The zero-order valence-electron chi connectivity index (χ0n) is 12.6. The summed E-state index contributed by atoms with van der Waals surface area (Å²) < 4.78 is 5.61. The van der Waals surface area contributed by atoms with Gasteiger partial charge >= 0.3 is 0 Å². The van der Waals surface area contributed by atoms with E-state index in [1.54, 1.807) is 0 Å². The summed E-state index contributed by atoms with van der Waals surface area (Å²) in [5.41, 5.74) is 0. The largest absolute Gasteiger partial charge is 0.494 e. The Kier molecular flexibility index (Phi) is 6.05. The Hall–Kier alpha value is -1.55. The van der Waals surface area contributed by atoms with Crippen LogP contribution in [-0.2, 0) is 4.79 Å². The Labute approximate surface area is 126 Å². The van der Waals surface area contributed by atoms with Crippen molar-refractivity contribution in [1.29, 1.82) is 0 Å². The van der Waals surface area contributed by atoms with Crippen molar-refractivity contribution in [2.75, 3.05) is 6.61 Å². The fourth-order valence-electron chi connectivity index (χ4n) is 2.61. The molecule has 4 nitrogen and oxygen atoms in total. The van der Waals surface area contributed by atoms with Crippen LogP contribution in [0.4, 0.5) is 0 Å². The normalized spacial score (nSPS) is 23.3. The van der Waals surface area contributed by atoms with E-state index in [4.69, 9.17) is 4.74 Å². The van der Waals surface area contributed by atoms with E-state index in [9.17, 15) is 9.90 Å². The molecule has 2 rings (SSSR count). The van der Waals surface area contributed by atoms with Crippen molar-refractivity contribution in [3.8, 4) is 5.75 Å². The number of carbonyl (C=O) groups excluding carboxylic acids is 1. The lowest BCUT2D eigenvalue weighted by Gasteiger charge is -2.29. The van der Waals surface area contributed by atoms with Gasteiger partial charge in [-0.05, 0) is 31.4 Å². The number of nitrogens with one attached hydrogen (secondary N) is 1. The van der Waals surface area contributed by atoms with Crippen LogP contribution in [-0.4, -0.2) is 29.8 Å². The Morgan fingerprint density at radius 2 is 2.05 bits per heavy atom. The predicted octanol–water partition coefficient (Wildman–Crippen LogP) is 2.51. The fraction of sp³-hybridized carbons (Fsp3) is 0.588. The van der Waals surface area contributed by atoms with Gasteiger partial charge in [-0.1, -0.05) is 38.0 Å². The molecule has 0 bridgehead atoms. The van der Waals surface area contributed by atoms with Crippen LogP contribution in [0, 0.1) is 5.92 Å². The zero-order chi connectivity index (χ0) is 15.1. The van der Waals surface area contributed by atoms with Gasteiger partial charge in [0.15, 0.2) is 0 Å². The first kappa shape index (κ1) is 15.8. The molecule has 0 heterocycles. The molecule has 2 N–H and O–H groups in total. The highest BCUT2D eigenvalue weighted by molar-refractivity contribution is 5.78. The quantitative estimate of drug-likeness (QED) is 0.846. The average Bonchev–Trinajstić information content (AvgIpc) is 2.50. The molecule has 1 aliphatic carbocycles. The number of para-hydroxylation sites is 1. The summed E-state index contributed by atoms with van der Waals surface area (Å²) in [4.78, 5) is 12.1. The first-order valence-corrected chi connectivity index (χ1v) is 7.83. The van der Waals surface area contributed by atoms with E-state index in [-0.39, 0.29) is 17.9 Å². The van der Waals surface area contributed by atoms with Crippen LogP contribution in [0.2, 0.25) is 0 Å². The van der Waals surface area contributed by atoms with Gasteiger partial charge in [0.2, 0.25) is 5.91 Å². The molecular weight excluding hydrogens is 266 g/mol. The fourth-order valence-corrected chi connectivity index (χ4v) is 2.61. The van der Waals surface area contributed by atoms with Crippen molar-refractivity contribution in [2.24, 2.45) is 5.92 Å². The van der Waals surface area contributed by atoms with Gasteiger partial charge in [-0.15, -0.1) is 0 Å². The second-order valence-electron chi connectivity index (χ2n) is 5.82. The number of hydrogen-bond donors (Lipinski definition) is 2. The maximum atomic E-state index is 12.1. The lowest BCUT2D eigenvalue weighted by Crippen LogP contribution is -2.46. The molecule has 0 saturated heterocycles. The number of ether oxygens (including phenoxy) is 1. The molecule has 1 aliphatic rings. The van der Waals surface area contributed by atoms with Gasteiger partial charge in [0, 0.05) is 5.92 Å². The van der Waals surface area contributed by atoms with E-state index >= 15 is 0 Å². The Bertz CT molecular complexity index is 435. The highest BCUT2D eigenvalue weighted by Crippen LogP contribution is 2.19. The minimum Gasteiger partial charge on any atom is -0.494 e. The highest BCUT2D eigenvalue weighted by Gasteiger charge is 2.26. The molecule has 1 aromatic rings. The summed E-state index contributed by atoms with van der Waals surface area (Å²) in [7, 11) is 0. The molecule has 4 heteroatoms. The average molecular weight is 291 g/mol. The first-order chi connectivity index (χ1) is 10.2. The van der Waals surface area contributed by atoms with E-state index in [2.05, 4.69) is 5.32 Å². The van der Waals surface area contributed by atoms with Crippen molar-refractivity contribution in [1.82, 2.24) is 5.32 Å². The molecule has 0 spiro atoms. The topological polar surface area (TPSA) is 58.6 Å². The summed E-state index contributed by atoms with van der Waals surface area (Å²) in [6.07, 6.45) is 4.07. The minimum atomic E-state index is -0.393. The molecule has 0 radical (unpaired) electrons. The number of aliphatic hydroxyl groups excluding tert-OH is 1. The first-order valence-electron chi connectivity index (χ1n) is 7.83. The number of carbonyl (C=O) groups is 1. The Balaban J connectivity index is 1.69. The van der Waals surface area contributed by atoms with Crippen molar-refractivity contribution in [2.45, 2.75) is 51.2 Å². The van der Waals surface area contributed by atoms with Gasteiger partial charge in [-0.3, -0.25) is 4.79 Å². The molecule has 3 unspecified atom stereocenters. The molecule has 1 amide bonds. The molecule has 21 heavy (non-hydrogen) atoms. The van der Waals surface area contributed by atoms with Gasteiger partial charge in [0.05, 0.1) is 18.8 Å². The third-order valence-corrected chi connectivity index (χ3v) is 4.07. The third kappa shape index (κ3) is 5.05. The van der Waals surface area contributed by atoms with Crippen LogP contribution in [0.25, 0.3) is 0 Å². The molecule has 1 fully saturated rings. The zero-order valence-corrected chi connectivity index (χ0v) is 12.6. The summed E-state index contributed by atoms with van der Waals surface area (Å²) in [5.74, 6) is 0.730. The van der Waals surface area contributed by atoms with Crippen LogP contribution in [0.15, 0.2) is 30.3 Å². The van der Waals surface area contributed by atoms with Gasteiger partial charge in [0.1, 0.15) is 5.75 Å². The van der Waals surface area contributed by atoms with Crippen LogP contribution in [0.3, 0.4) is 0 Å².